The van der Waals surface area contributed by atoms with E-state index in [1.807, 2.05) is 0 Å². The Morgan fingerprint density at radius 2 is 1.52 bits per heavy atom. The lowest BCUT2D eigenvalue weighted by molar-refractivity contribution is -0.122. The maximum atomic E-state index is 11.5. The lowest BCUT2D eigenvalue weighted by Crippen LogP contribution is -2.28. The average Bonchev–Trinajstić information content (AvgIpc) is 2.45. The molecule has 0 bridgehead atoms. The van der Waals surface area contributed by atoms with Crippen LogP contribution in [-0.4, -0.2) is 65.8 Å². The third-order valence-corrected chi connectivity index (χ3v) is 2.69. The number of hydrogen-bond acceptors (Lipinski definition) is 5. The number of amides is 1. The summed E-state index contributed by atoms with van der Waals surface area (Å²) in [4.78, 5) is 11.5. The van der Waals surface area contributed by atoms with Crippen molar-refractivity contribution < 1.29 is 23.7 Å². The highest BCUT2D eigenvalue weighted by Crippen LogP contribution is 1.98. The van der Waals surface area contributed by atoms with Crippen molar-refractivity contribution in [1.29, 1.82) is 0 Å². The number of carbonyl (C=O) groups excluding carboxylic acids is 1. The molecule has 0 radical (unpaired) electrons. The molecule has 1 N–H and O–H groups in total. The number of rotatable bonds is 15. The molecule has 0 fully saturated rings. The minimum absolute atomic E-state index is 0.0113. The molecule has 21 heavy (non-hydrogen) atoms. The zero-order valence-corrected chi connectivity index (χ0v) is 13.7. The van der Waals surface area contributed by atoms with Crippen LogP contribution in [0.15, 0.2) is 0 Å². The monoisotopic (exact) mass is 305 g/mol. The maximum Gasteiger partial charge on any atom is 0.222 e. The van der Waals surface area contributed by atoms with Gasteiger partial charge in [0.1, 0.15) is 0 Å². The topological polar surface area (TPSA) is 66.0 Å². The molecule has 0 aliphatic rings. The molecule has 1 amide bonds. The molecule has 6 nitrogen and oxygen atoms in total. The predicted octanol–water partition coefficient (Wildman–Crippen LogP) is 1.24. The molecule has 0 rings (SSSR count). The van der Waals surface area contributed by atoms with E-state index in [1.54, 1.807) is 7.11 Å². The molecule has 0 aliphatic carbocycles. The fourth-order valence-electron chi connectivity index (χ4n) is 1.40. The summed E-state index contributed by atoms with van der Waals surface area (Å²) in [5.74, 6) is 0.637. The largest absolute Gasteiger partial charge is 0.382 e. The van der Waals surface area contributed by atoms with Crippen LogP contribution >= 0.6 is 0 Å². The summed E-state index contributed by atoms with van der Waals surface area (Å²) in [6.45, 7) is 8.77. The quantitative estimate of drug-likeness (QED) is 0.461. The van der Waals surface area contributed by atoms with Gasteiger partial charge in [0, 0.05) is 26.7 Å². The summed E-state index contributed by atoms with van der Waals surface area (Å²) >= 11 is 0. The van der Waals surface area contributed by atoms with Crippen molar-refractivity contribution >= 4 is 5.91 Å². The number of ether oxygens (including phenoxy) is 4. The van der Waals surface area contributed by atoms with Crippen LogP contribution in [0.5, 0.6) is 0 Å². The highest BCUT2D eigenvalue weighted by atomic mass is 16.5. The average molecular weight is 305 g/mol. The zero-order valence-electron chi connectivity index (χ0n) is 13.7. The Kier molecular flexibility index (Phi) is 15.2. The predicted molar refractivity (Wildman–Crippen MR) is 81.4 cm³/mol. The smallest absolute Gasteiger partial charge is 0.222 e. The highest BCUT2D eigenvalue weighted by Gasteiger charge is 2.01. The Morgan fingerprint density at radius 1 is 0.905 bits per heavy atom. The lowest BCUT2D eigenvalue weighted by atomic mass is 10.1. The molecular weight excluding hydrogens is 274 g/mol. The molecule has 0 aliphatic heterocycles. The first-order chi connectivity index (χ1) is 10.2. The molecule has 0 aromatic carbocycles. The van der Waals surface area contributed by atoms with Gasteiger partial charge in [-0.2, -0.15) is 0 Å². The first kappa shape index (κ1) is 20.3. The Labute approximate surface area is 128 Å². The van der Waals surface area contributed by atoms with Gasteiger partial charge in [0.05, 0.1) is 39.6 Å². The van der Waals surface area contributed by atoms with E-state index in [0.29, 0.717) is 58.5 Å². The van der Waals surface area contributed by atoms with Crippen molar-refractivity contribution in [1.82, 2.24) is 5.32 Å². The number of methoxy groups -OCH3 is 1. The summed E-state index contributed by atoms with van der Waals surface area (Å²) in [6.07, 6.45) is 1.41. The summed E-state index contributed by atoms with van der Waals surface area (Å²) in [6, 6.07) is 0. The number of nitrogens with one attached hydrogen (secondary N) is 1. The van der Waals surface area contributed by atoms with Crippen molar-refractivity contribution in [2.45, 2.75) is 26.7 Å². The molecule has 0 aromatic rings. The van der Waals surface area contributed by atoms with Gasteiger partial charge >= 0.3 is 0 Å². The van der Waals surface area contributed by atoms with Crippen LogP contribution in [0.25, 0.3) is 0 Å². The molecule has 0 saturated carbocycles. The van der Waals surface area contributed by atoms with Crippen LogP contribution in [0, 0.1) is 5.92 Å². The normalized spacial score (nSPS) is 11.0. The first-order valence-electron chi connectivity index (χ1n) is 7.65. The molecule has 6 heteroatoms. The van der Waals surface area contributed by atoms with E-state index in [1.165, 1.54) is 0 Å². The second-order valence-electron chi connectivity index (χ2n) is 5.11. The van der Waals surface area contributed by atoms with Gasteiger partial charge in [-0.05, 0) is 12.3 Å². The van der Waals surface area contributed by atoms with Crippen LogP contribution in [0.2, 0.25) is 0 Å². The van der Waals surface area contributed by atoms with Crippen molar-refractivity contribution in [2.24, 2.45) is 5.92 Å². The summed E-state index contributed by atoms with van der Waals surface area (Å²) in [7, 11) is 1.63. The van der Waals surface area contributed by atoms with Crippen LogP contribution in [0.3, 0.4) is 0 Å². The van der Waals surface area contributed by atoms with E-state index >= 15 is 0 Å². The standard InChI is InChI=1S/C15H31NO5/c1-14(2)4-7-19-9-6-16-15(17)5-8-20-12-13-21-11-10-18-3/h14H,4-13H2,1-3H3,(H,16,17). The van der Waals surface area contributed by atoms with Gasteiger partial charge in [0.25, 0.3) is 0 Å². The number of hydrogen-bond donors (Lipinski definition) is 1. The van der Waals surface area contributed by atoms with Crippen LogP contribution in [0.4, 0.5) is 0 Å². The van der Waals surface area contributed by atoms with E-state index in [0.717, 1.165) is 13.0 Å². The Morgan fingerprint density at radius 3 is 2.19 bits per heavy atom. The van der Waals surface area contributed by atoms with E-state index in [2.05, 4.69) is 19.2 Å². The molecule has 0 spiro atoms. The van der Waals surface area contributed by atoms with Crippen molar-refractivity contribution in [3.05, 3.63) is 0 Å². The van der Waals surface area contributed by atoms with Gasteiger partial charge in [-0.3, -0.25) is 4.79 Å². The molecule has 0 atom stereocenters. The van der Waals surface area contributed by atoms with E-state index in [9.17, 15) is 4.79 Å². The van der Waals surface area contributed by atoms with Gasteiger partial charge < -0.3 is 24.3 Å². The SMILES string of the molecule is COCCOCCOCCC(=O)NCCOCCC(C)C. The lowest BCUT2D eigenvalue weighted by Gasteiger charge is -2.08. The number of carbonyl (C=O) groups is 1. The van der Waals surface area contributed by atoms with Crippen LogP contribution in [-0.2, 0) is 23.7 Å². The molecule has 0 unspecified atom stereocenters. The van der Waals surface area contributed by atoms with Gasteiger partial charge in [0.2, 0.25) is 5.91 Å². The summed E-state index contributed by atoms with van der Waals surface area (Å²) < 4.78 is 20.8. The maximum absolute atomic E-state index is 11.5. The molecule has 0 aromatic heterocycles. The molecule has 0 heterocycles. The first-order valence-corrected chi connectivity index (χ1v) is 7.65. The van der Waals surface area contributed by atoms with E-state index < -0.39 is 0 Å². The second kappa shape index (κ2) is 15.7. The third kappa shape index (κ3) is 17.3. The summed E-state index contributed by atoms with van der Waals surface area (Å²) in [5, 5.41) is 2.80. The van der Waals surface area contributed by atoms with Gasteiger partial charge in [-0.25, -0.2) is 0 Å². The molecule has 126 valence electrons. The molecule has 0 saturated heterocycles. The highest BCUT2D eigenvalue weighted by molar-refractivity contribution is 5.75. The third-order valence-electron chi connectivity index (χ3n) is 2.69. The van der Waals surface area contributed by atoms with E-state index in [4.69, 9.17) is 18.9 Å². The fraction of sp³-hybridized carbons (Fsp3) is 0.933. The summed E-state index contributed by atoms with van der Waals surface area (Å²) in [5.41, 5.74) is 0. The zero-order chi connectivity index (χ0) is 15.8. The van der Waals surface area contributed by atoms with Crippen LogP contribution in [0.1, 0.15) is 26.7 Å². The van der Waals surface area contributed by atoms with Crippen LogP contribution < -0.4 is 5.32 Å². The van der Waals surface area contributed by atoms with Gasteiger partial charge in [-0.15, -0.1) is 0 Å². The Balaban J connectivity index is 3.16. The minimum atomic E-state index is -0.0113. The van der Waals surface area contributed by atoms with Crippen molar-refractivity contribution in [3.8, 4) is 0 Å². The second-order valence-corrected chi connectivity index (χ2v) is 5.11. The van der Waals surface area contributed by atoms with E-state index in [-0.39, 0.29) is 5.91 Å². The Hall–Kier alpha value is -0.690. The fourth-order valence-corrected chi connectivity index (χ4v) is 1.40. The molecular formula is C15H31NO5. The Bertz CT molecular complexity index is 236. The van der Waals surface area contributed by atoms with Crippen molar-refractivity contribution in [2.75, 3.05) is 59.9 Å². The minimum Gasteiger partial charge on any atom is -0.382 e. The van der Waals surface area contributed by atoms with Gasteiger partial charge in [-0.1, -0.05) is 13.8 Å². The van der Waals surface area contributed by atoms with Gasteiger partial charge in [0.15, 0.2) is 0 Å². The van der Waals surface area contributed by atoms with Crippen molar-refractivity contribution in [3.63, 3.8) is 0 Å².